The maximum atomic E-state index is 2.30. The highest BCUT2D eigenvalue weighted by atomic mass is 32.9. The molecule has 18 heavy (non-hydrogen) atoms. The van der Waals surface area contributed by atoms with Gasteiger partial charge < -0.3 is 0 Å². The Balaban J connectivity index is 2.08. The molecule has 1 heterocycles. The first kappa shape index (κ1) is 10.3. The third-order valence-corrected chi connectivity index (χ3v) is 5.72. The Bertz CT molecular complexity index is 777. The Morgan fingerprint density at radius 1 is 0.722 bits per heavy atom. The van der Waals surface area contributed by atoms with E-state index < -0.39 is 0 Å². The summed E-state index contributed by atoms with van der Waals surface area (Å²) in [6.07, 6.45) is 0. The van der Waals surface area contributed by atoms with E-state index in [0.29, 0.717) is 0 Å². The molecule has 1 aliphatic carbocycles. The van der Waals surface area contributed by atoms with Gasteiger partial charge in [0.15, 0.2) is 0 Å². The van der Waals surface area contributed by atoms with E-state index in [0.717, 1.165) is 0 Å². The van der Waals surface area contributed by atoms with Gasteiger partial charge in [-0.1, -0.05) is 75.3 Å². The maximum Gasteiger partial charge on any atom is 0.0542 e. The van der Waals surface area contributed by atoms with Crippen LogP contribution in [0.1, 0.15) is 0 Å². The van der Waals surface area contributed by atoms with Gasteiger partial charge in [-0.25, -0.2) is 0 Å². The van der Waals surface area contributed by atoms with Crippen LogP contribution in [-0.4, -0.2) is 0 Å². The first-order chi connectivity index (χ1) is 8.93. The van der Waals surface area contributed by atoms with Crippen molar-refractivity contribution in [1.29, 1.82) is 0 Å². The van der Waals surface area contributed by atoms with Crippen LogP contribution in [0.3, 0.4) is 0 Å². The highest BCUT2D eigenvalue weighted by Crippen LogP contribution is 2.49. The van der Waals surface area contributed by atoms with Gasteiger partial charge in [0.2, 0.25) is 0 Å². The molecule has 0 nitrogen and oxygen atoms in total. The summed E-state index contributed by atoms with van der Waals surface area (Å²) in [4.78, 5) is 2.80. The van der Waals surface area contributed by atoms with Crippen molar-refractivity contribution in [2.45, 2.75) is 0 Å². The molecule has 0 amide bonds. The van der Waals surface area contributed by atoms with Gasteiger partial charge in [-0.3, -0.25) is 0 Å². The van der Waals surface area contributed by atoms with E-state index in [2.05, 4.69) is 60.7 Å². The van der Waals surface area contributed by atoms with E-state index in [1.165, 1.54) is 31.7 Å². The van der Waals surface area contributed by atoms with Crippen LogP contribution in [0.15, 0.2) is 60.7 Å². The minimum absolute atomic E-state index is 1.32. The molecule has 0 atom stereocenters. The second-order valence-electron chi connectivity index (χ2n) is 4.33. The Labute approximate surface area is 113 Å². The highest BCUT2D eigenvalue weighted by molar-refractivity contribution is 7.72. The van der Waals surface area contributed by atoms with E-state index in [-0.39, 0.29) is 0 Å². The van der Waals surface area contributed by atoms with Crippen molar-refractivity contribution in [3.05, 3.63) is 60.7 Å². The number of hydrogen-bond donors (Lipinski definition) is 0. The first-order valence-electron chi connectivity index (χ1n) is 5.89. The number of hydrogen-bond acceptors (Lipinski definition) is 2. The summed E-state index contributed by atoms with van der Waals surface area (Å²) in [6, 6.07) is 21.6. The van der Waals surface area contributed by atoms with Crippen molar-refractivity contribution in [2.24, 2.45) is 0 Å². The summed E-state index contributed by atoms with van der Waals surface area (Å²) in [5.74, 6) is 0. The van der Waals surface area contributed by atoms with Crippen molar-refractivity contribution in [3.63, 3.8) is 0 Å². The number of fused-ring (bicyclic) bond motifs is 3. The first-order valence-corrected chi connectivity index (χ1v) is 8.04. The molecule has 4 rings (SSSR count). The fourth-order valence-electron chi connectivity index (χ4n) is 2.41. The van der Waals surface area contributed by atoms with Crippen LogP contribution in [0.2, 0.25) is 0 Å². The molecule has 0 radical (unpaired) electrons. The molecule has 0 aromatic heterocycles. The lowest BCUT2D eigenvalue weighted by atomic mass is 10.1. The van der Waals surface area contributed by atoms with E-state index in [1.807, 2.05) is 20.7 Å². The van der Waals surface area contributed by atoms with Crippen LogP contribution in [0, 0.1) is 0 Å². The van der Waals surface area contributed by atoms with E-state index in [1.54, 1.807) is 0 Å². The highest BCUT2D eigenvalue weighted by Gasteiger charge is 2.18. The van der Waals surface area contributed by atoms with Crippen LogP contribution in [0.25, 0.3) is 31.7 Å². The van der Waals surface area contributed by atoms with Crippen molar-refractivity contribution >= 4 is 31.5 Å². The van der Waals surface area contributed by atoms with Gasteiger partial charge in [0.1, 0.15) is 0 Å². The monoisotopic (exact) mass is 266 g/mol. The average molecular weight is 266 g/mol. The van der Waals surface area contributed by atoms with Crippen LogP contribution >= 0.6 is 20.7 Å². The minimum Gasteiger partial charge on any atom is -0.0793 e. The zero-order valence-corrected chi connectivity index (χ0v) is 11.2. The van der Waals surface area contributed by atoms with Crippen molar-refractivity contribution in [1.82, 2.24) is 0 Å². The van der Waals surface area contributed by atoms with E-state index >= 15 is 0 Å². The molecule has 0 saturated carbocycles. The predicted octanol–water partition coefficient (Wildman–Crippen LogP) is 5.73. The van der Waals surface area contributed by atoms with Crippen molar-refractivity contribution < 1.29 is 0 Å². The predicted molar refractivity (Wildman–Crippen MR) is 81.8 cm³/mol. The third-order valence-electron chi connectivity index (χ3n) is 3.24. The lowest BCUT2D eigenvalue weighted by Gasteiger charge is -2.00. The summed E-state index contributed by atoms with van der Waals surface area (Å²) in [5.41, 5.74) is 2.75. The molecule has 2 aliphatic rings. The average Bonchev–Trinajstić information content (AvgIpc) is 2.98. The van der Waals surface area contributed by atoms with Crippen LogP contribution in [0.4, 0.5) is 0 Å². The van der Waals surface area contributed by atoms with Crippen molar-refractivity contribution in [2.75, 3.05) is 0 Å². The maximum absolute atomic E-state index is 2.30. The third kappa shape index (κ3) is 1.43. The van der Waals surface area contributed by atoms with E-state index in [9.17, 15) is 0 Å². The molecular weight excluding hydrogens is 256 g/mol. The second kappa shape index (κ2) is 3.94. The van der Waals surface area contributed by atoms with E-state index in [4.69, 9.17) is 0 Å². The van der Waals surface area contributed by atoms with Gasteiger partial charge >= 0.3 is 0 Å². The molecular formula is C16H10S2. The molecule has 0 spiro atoms. The molecule has 2 aromatic carbocycles. The summed E-state index contributed by atoms with van der Waals surface area (Å²) in [6.45, 7) is 0. The fourth-order valence-corrected chi connectivity index (χ4v) is 5.10. The Morgan fingerprint density at radius 3 is 2.39 bits per heavy atom. The second-order valence-corrected chi connectivity index (χ2v) is 6.51. The van der Waals surface area contributed by atoms with Gasteiger partial charge in [-0.2, -0.15) is 0 Å². The molecule has 0 fully saturated rings. The van der Waals surface area contributed by atoms with Crippen LogP contribution < -0.4 is 0 Å². The van der Waals surface area contributed by atoms with Gasteiger partial charge in [0.25, 0.3) is 0 Å². The van der Waals surface area contributed by atoms with Crippen LogP contribution in [-0.2, 0) is 0 Å². The SMILES string of the molecule is c1ccc(-c2ssc3cc4ccccc4c2-3)cc1. The van der Waals surface area contributed by atoms with Gasteiger partial charge in [0, 0.05) is 10.4 Å². The van der Waals surface area contributed by atoms with Gasteiger partial charge in [-0.15, -0.1) is 0 Å². The molecule has 1 aliphatic heterocycles. The number of rotatable bonds is 1. The Hall–Kier alpha value is -1.64. The van der Waals surface area contributed by atoms with Gasteiger partial charge in [-0.05, 0) is 22.4 Å². The summed E-state index contributed by atoms with van der Waals surface area (Å²) >= 11 is 0. The smallest absolute Gasteiger partial charge is 0.0542 e. The Morgan fingerprint density at radius 2 is 1.50 bits per heavy atom. The summed E-state index contributed by atoms with van der Waals surface area (Å²) in [5, 5.41) is 2.73. The minimum atomic E-state index is 1.32. The molecule has 0 unspecified atom stereocenters. The normalized spacial score (nSPS) is 11.3. The van der Waals surface area contributed by atoms with Crippen LogP contribution in [0.5, 0.6) is 0 Å². The largest absolute Gasteiger partial charge is 0.0793 e. The molecule has 0 saturated heterocycles. The molecule has 2 aromatic rings. The molecule has 86 valence electrons. The topological polar surface area (TPSA) is 0 Å². The summed E-state index contributed by atoms with van der Waals surface area (Å²) < 4.78 is 0. The molecule has 0 N–H and O–H groups in total. The quantitative estimate of drug-likeness (QED) is 0.386. The zero-order chi connectivity index (χ0) is 11.9. The van der Waals surface area contributed by atoms with Gasteiger partial charge in [0.05, 0.1) is 4.88 Å². The zero-order valence-electron chi connectivity index (χ0n) is 9.59. The Kier molecular flexibility index (Phi) is 2.25. The lowest BCUT2D eigenvalue weighted by molar-refractivity contribution is 1.70. The summed E-state index contributed by atoms with van der Waals surface area (Å²) in [7, 11) is 3.76. The van der Waals surface area contributed by atoms with Crippen molar-refractivity contribution in [3.8, 4) is 20.9 Å². The number of benzene rings is 2. The lowest BCUT2D eigenvalue weighted by Crippen LogP contribution is -1.74. The molecule has 2 heteroatoms. The fraction of sp³-hybridized carbons (Fsp3) is 0. The molecule has 0 bridgehead atoms. The standard InChI is InChI=1S/C16H10S2/c1-2-6-11(7-3-1)16-15-13-9-5-4-8-12(13)10-14(15)17-18-16/h1-10H.